The van der Waals surface area contributed by atoms with Gasteiger partial charge >= 0.3 is 5.97 Å². The second-order valence-corrected chi connectivity index (χ2v) is 5.77. The van der Waals surface area contributed by atoms with E-state index in [-0.39, 0.29) is 5.91 Å². The molecule has 24 heavy (non-hydrogen) atoms. The number of nitrogens with one attached hydrogen (secondary N) is 1. The molecular weight excluding hydrogens is 308 g/mol. The number of carbonyl (C=O) groups is 2. The van der Waals surface area contributed by atoms with Crippen LogP contribution in [0.1, 0.15) is 18.4 Å². The van der Waals surface area contributed by atoms with Crippen molar-refractivity contribution in [3.8, 4) is 0 Å². The molecule has 0 unspecified atom stereocenters. The van der Waals surface area contributed by atoms with Crippen molar-refractivity contribution in [2.75, 3.05) is 5.32 Å². The van der Waals surface area contributed by atoms with Gasteiger partial charge in [0.25, 0.3) is 0 Å². The molecule has 0 bridgehead atoms. The Hall–Kier alpha value is -2.96. The van der Waals surface area contributed by atoms with E-state index < -0.39 is 17.8 Å². The Balaban J connectivity index is 1.63. The predicted octanol–water partition coefficient (Wildman–Crippen LogP) is 1.93. The van der Waals surface area contributed by atoms with E-state index in [2.05, 4.69) is 15.4 Å². The number of hydrogen-bond donors (Lipinski definition) is 2. The van der Waals surface area contributed by atoms with Gasteiger partial charge in [0, 0.05) is 5.69 Å². The molecule has 1 aliphatic carbocycles. The first-order valence-electron chi connectivity index (χ1n) is 7.73. The van der Waals surface area contributed by atoms with E-state index in [1.165, 1.54) is 6.33 Å². The molecule has 0 radical (unpaired) electrons. The number of rotatable bonds is 5. The van der Waals surface area contributed by atoms with Gasteiger partial charge in [-0.1, -0.05) is 24.3 Å². The van der Waals surface area contributed by atoms with Crippen molar-refractivity contribution in [2.45, 2.75) is 19.4 Å². The molecule has 124 valence electrons. The summed E-state index contributed by atoms with van der Waals surface area (Å²) >= 11 is 0. The largest absolute Gasteiger partial charge is 0.481 e. The number of carbonyl (C=O) groups excluding carboxylic acids is 1. The third kappa shape index (κ3) is 3.68. The number of benzene rings is 1. The van der Waals surface area contributed by atoms with Crippen molar-refractivity contribution in [3.63, 3.8) is 0 Å². The van der Waals surface area contributed by atoms with Crippen LogP contribution in [0, 0.1) is 11.8 Å². The zero-order valence-electron chi connectivity index (χ0n) is 13.0. The smallest absolute Gasteiger partial charge is 0.307 e. The highest BCUT2D eigenvalue weighted by Crippen LogP contribution is 2.27. The van der Waals surface area contributed by atoms with E-state index in [0.29, 0.717) is 25.1 Å². The van der Waals surface area contributed by atoms with Gasteiger partial charge in [-0.2, -0.15) is 5.10 Å². The zero-order valence-corrected chi connectivity index (χ0v) is 13.0. The van der Waals surface area contributed by atoms with Gasteiger partial charge in [0.1, 0.15) is 12.7 Å². The lowest BCUT2D eigenvalue weighted by Gasteiger charge is -2.24. The van der Waals surface area contributed by atoms with E-state index in [4.69, 9.17) is 0 Å². The minimum Gasteiger partial charge on any atom is -0.481 e. The van der Waals surface area contributed by atoms with Crippen molar-refractivity contribution in [3.05, 3.63) is 54.6 Å². The minimum absolute atomic E-state index is 0.254. The number of amides is 1. The number of carboxylic acids is 1. The van der Waals surface area contributed by atoms with E-state index >= 15 is 0 Å². The van der Waals surface area contributed by atoms with Crippen LogP contribution in [-0.2, 0) is 16.1 Å². The molecule has 2 atom stereocenters. The summed E-state index contributed by atoms with van der Waals surface area (Å²) in [5, 5.41) is 16.1. The van der Waals surface area contributed by atoms with Gasteiger partial charge in [-0.3, -0.25) is 9.59 Å². The van der Waals surface area contributed by atoms with Gasteiger partial charge in [-0.15, -0.1) is 0 Å². The lowest BCUT2D eigenvalue weighted by Crippen LogP contribution is -2.34. The van der Waals surface area contributed by atoms with Gasteiger partial charge in [0.05, 0.1) is 18.4 Å². The molecule has 1 aromatic heterocycles. The summed E-state index contributed by atoms with van der Waals surface area (Å²) in [7, 11) is 0. The topological polar surface area (TPSA) is 97.1 Å². The maximum atomic E-state index is 12.4. The Morgan fingerprint density at radius 3 is 2.50 bits per heavy atom. The first-order valence-corrected chi connectivity index (χ1v) is 7.73. The van der Waals surface area contributed by atoms with Crippen molar-refractivity contribution in [1.82, 2.24) is 14.8 Å². The van der Waals surface area contributed by atoms with Crippen LogP contribution in [0.4, 0.5) is 5.69 Å². The van der Waals surface area contributed by atoms with Gasteiger partial charge < -0.3 is 10.4 Å². The maximum Gasteiger partial charge on any atom is 0.307 e. The highest BCUT2D eigenvalue weighted by Gasteiger charge is 2.33. The first kappa shape index (κ1) is 15.9. The van der Waals surface area contributed by atoms with Crippen molar-refractivity contribution in [2.24, 2.45) is 11.8 Å². The highest BCUT2D eigenvalue weighted by atomic mass is 16.4. The highest BCUT2D eigenvalue weighted by molar-refractivity contribution is 5.95. The van der Waals surface area contributed by atoms with E-state index in [1.807, 2.05) is 24.3 Å². The quantitative estimate of drug-likeness (QED) is 0.818. The first-order chi connectivity index (χ1) is 11.6. The lowest BCUT2D eigenvalue weighted by atomic mass is 9.82. The molecule has 0 fully saturated rings. The number of carboxylic acid groups (broad SMARTS) is 1. The number of aliphatic carboxylic acids is 1. The third-order valence-electron chi connectivity index (χ3n) is 4.12. The van der Waals surface area contributed by atoms with E-state index in [9.17, 15) is 14.7 Å². The molecule has 1 aromatic carbocycles. The van der Waals surface area contributed by atoms with E-state index in [1.54, 1.807) is 23.1 Å². The summed E-state index contributed by atoms with van der Waals surface area (Å²) in [6.07, 6.45) is 7.65. The molecular formula is C17H18N4O3. The fraction of sp³-hybridized carbons (Fsp3) is 0.294. The summed E-state index contributed by atoms with van der Waals surface area (Å²) in [5.41, 5.74) is 1.68. The molecule has 1 heterocycles. The lowest BCUT2D eigenvalue weighted by molar-refractivity contribution is -0.146. The maximum absolute atomic E-state index is 12.4. The fourth-order valence-electron chi connectivity index (χ4n) is 2.81. The number of nitrogens with zero attached hydrogens (tertiary/aromatic N) is 3. The SMILES string of the molecule is O=C(O)[C@@H]1CC=CC[C@H]1C(=O)Nc1ccc(Cn2cncn2)cc1. The molecule has 0 spiro atoms. The summed E-state index contributed by atoms with van der Waals surface area (Å²) in [6.45, 7) is 0.600. The molecule has 0 aliphatic heterocycles. The molecule has 0 saturated heterocycles. The van der Waals surface area contributed by atoms with E-state index in [0.717, 1.165) is 5.56 Å². The summed E-state index contributed by atoms with van der Waals surface area (Å²) in [4.78, 5) is 27.6. The van der Waals surface area contributed by atoms with Crippen LogP contribution in [0.15, 0.2) is 49.1 Å². The summed E-state index contributed by atoms with van der Waals surface area (Å²) < 4.78 is 1.71. The standard InChI is InChI=1S/C17H18N4O3/c22-16(14-3-1-2-4-15(14)17(23)24)20-13-7-5-12(6-8-13)9-21-11-18-10-19-21/h1-2,5-8,10-11,14-15H,3-4,9H2,(H,20,22)(H,23,24)/t14-,15-/m1/s1. The van der Waals surface area contributed by atoms with Crippen LogP contribution in [-0.4, -0.2) is 31.7 Å². The molecule has 3 rings (SSSR count). The molecule has 7 heteroatoms. The second-order valence-electron chi connectivity index (χ2n) is 5.77. The van der Waals surface area contributed by atoms with Gasteiger partial charge in [-0.05, 0) is 30.5 Å². The Labute approximate surface area is 139 Å². The van der Waals surface area contributed by atoms with Crippen molar-refractivity contribution >= 4 is 17.6 Å². The Morgan fingerprint density at radius 2 is 1.88 bits per heavy atom. The molecule has 1 amide bonds. The number of aromatic nitrogens is 3. The number of anilines is 1. The van der Waals surface area contributed by atoms with Crippen LogP contribution < -0.4 is 5.32 Å². The fourth-order valence-corrected chi connectivity index (χ4v) is 2.81. The Kier molecular flexibility index (Phi) is 4.69. The molecule has 1 aliphatic rings. The van der Waals surface area contributed by atoms with Crippen LogP contribution in [0.2, 0.25) is 0 Å². The number of allylic oxidation sites excluding steroid dienone is 2. The van der Waals surface area contributed by atoms with Crippen LogP contribution in [0.3, 0.4) is 0 Å². The minimum atomic E-state index is -0.928. The molecule has 2 aromatic rings. The molecule has 7 nitrogen and oxygen atoms in total. The van der Waals surface area contributed by atoms with Crippen molar-refractivity contribution < 1.29 is 14.7 Å². The van der Waals surface area contributed by atoms with Crippen LogP contribution in [0.5, 0.6) is 0 Å². The second kappa shape index (κ2) is 7.08. The Bertz CT molecular complexity index is 738. The van der Waals surface area contributed by atoms with Crippen LogP contribution >= 0.6 is 0 Å². The van der Waals surface area contributed by atoms with Crippen LogP contribution in [0.25, 0.3) is 0 Å². The van der Waals surface area contributed by atoms with Gasteiger partial charge in [-0.25, -0.2) is 9.67 Å². The van der Waals surface area contributed by atoms with Crippen molar-refractivity contribution in [1.29, 1.82) is 0 Å². The average Bonchev–Trinajstić information content (AvgIpc) is 3.09. The monoisotopic (exact) mass is 326 g/mol. The normalized spacial score (nSPS) is 19.8. The number of hydrogen-bond acceptors (Lipinski definition) is 4. The third-order valence-corrected chi connectivity index (χ3v) is 4.12. The molecule has 2 N–H and O–H groups in total. The predicted molar refractivity (Wildman–Crippen MR) is 87.2 cm³/mol. The zero-order chi connectivity index (χ0) is 16.9. The average molecular weight is 326 g/mol. The molecule has 0 saturated carbocycles. The Morgan fingerprint density at radius 1 is 1.17 bits per heavy atom. The summed E-state index contributed by atoms with van der Waals surface area (Å²) in [6, 6.07) is 7.40. The van der Waals surface area contributed by atoms with Gasteiger partial charge in [0.15, 0.2) is 0 Å². The van der Waals surface area contributed by atoms with Gasteiger partial charge in [0.2, 0.25) is 5.91 Å². The summed E-state index contributed by atoms with van der Waals surface area (Å²) in [5.74, 6) is -2.39.